The molecular weight excluding hydrogens is 342 g/mol. The Hall–Kier alpha value is -1.98. The smallest absolute Gasteiger partial charge is 0.191 e. The molecule has 0 fully saturated rings. The number of aryl methyl sites for hydroxylation is 1. The standard InChI is InChI=1S/C18H18ClN3OS/c1-13-5-3-8-16(9-13)23-11-17-20-21-18(22(17)2)24-12-14-6-4-7-15(19)10-14/h3-10H,11-12H2,1-2H3. The highest BCUT2D eigenvalue weighted by Gasteiger charge is 2.10. The van der Waals surface area contributed by atoms with Crippen molar-refractivity contribution in [2.24, 2.45) is 7.05 Å². The topological polar surface area (TPSA) is 39.9 Å². The van der Waals surface area contributed by atoms with E-state index in [2.05, 4.69) is 16.3 Å². The Morgan fingerprint density at radius 1 is 1.12 bits per heavy atom. The summed E-state index contributed by atoms with van der Waals surface area (Å²) in [7, 11) is 1.95. The fourth-order valence-corrected chi connectivity index (χ4v) is 3.31. The summed E-state index contributed by atoms with van der Waals surface area (Å²) in [5, 5.41) is 10.1. The predicted octanol–water partition coefficient (Wildman–Crippen LogP) is 4.65. The minimum atomic E-state index is 0.394. The monoisotopic (exact) mass is 359 g/mol. The molecular formula is C18H18ClN3OS. The zero-order chi connectivity index (χ0) is 16.9. The quantitative estimate of drug-likeness (QED) is 0.601. The fraction of sp³-hybridized carbons (Fsp3) is 0.222. The predicted molar refractivity (Wildman–Crippen MR) is 97.5 cm³/mol. The van der Waals surface area contributed by atoms with Gasteiger partial charge in [-0.2, -0.15) is 0 Å². The second kappa shape index (κ2) is 7.73. The third-order valence-electron chi connectivity index (χ3n) is 3.54. The number of nitrogens with zero attached hydrogens (tertiary/aromatic N) is 3. The Morgan fingerprint density at radius 2 is 1.96 bits per heavy atom. The molecule has 2 aromatic carbocycles. The number of halogens is 1. The van der Waals surface area contributed by atoms with Gasteiger partial charge in [0.25, 0.3) is 0 Å². The Balaban J connectivity index is 1.61. The number of hydrogen-bond acceptors (Lipinski definition) is 4. The first-order chi connectivity index (χ1) is 11.6. The van der Waals surface area contributed by atoms with Crippen molar-refractivity contribution < 1.29 is 4.74 Å². The Bertz CT molecular complexity index is 768. The van der Waals surface area contributed by atoms with Gasteiger partial charge in [0.2, 0.25) is 0 Å². The highest BCUT2D eigenvalue weighted by Crippen LogP contribution is 2.23. The summed E-state index contributed by atoms with van der Waals surface area (Å²) in [6.45, 7) is 2.43. The molecule has 3 rings (SSSR count). The molecule has 0 aliphatic carbocycles. The minimum absolute atomic E-state index is 0.394. The molecule has 6 heteroatoms. The van der Waals surface area contributed by atoms with Crippen LogP contribution in [0.15, 0.2) is 53.7 Å². The highest BCUT2D eigenvalue weighted by atomic mass is 35.5. The van der Waals surface area contributed by atoms with Crippen molar-refractivity contribution in [3.05, 3.63) is 70.5 Å². The van der Waals surface area contributed by atoms with Crippen LogP contribution in [0, 0.1) is 6.92 Å². The molecule has 0 aliphatic heterocycles. The lowest BCUT2D eigenvalue weighted by Gasteiger charge is -2.07. The Morgan fingerprint density at radius 3 is 2.75 bits per heavy atom. The van der Waals surface area contributed by atoms with Crippen LogP contribution in [0.3, 0.4) is 0 Å². The van der Waals surface area contributed by atoms with Gasteiger partial charge in [-0.1, -0.05) is 47.6 Å². The zero-order valence-electron chi connectivity index (χ0n) is 13.6. The van der Waals surface area contributed by atoms with Crippen LogP contribution in [0.5, 0.6) is 5.75 Å². The Labute approximate surface area is 150 Å². The number of ether oxygens (including phenoxy) is 1. The SMILES string of the molecule is Cc1cccc(OCc2nnc(SCc3cccc(Cl)c3)n2C)c1. The zero-order valence-corrected chi connectivity index (χ0v) is 15.1. The summed E-state index contributed by atoms with van der Waals surface area (Å²) in [4.78, 5) is 0. The summed E-state index contributed by atoms with van der Waals surface area (Å²) < 4.78 is 7.76. The van der Waals surface area contributed by atoms with Crippen LogP contribution in [0.25, 0.3) is 0 Å². The summed E-state index contributed by atoms with van der Waals surface area (Å²) in [5.41, 5.74) is 2.33. The van der Waals surface area contributed by atoms with Crippen LogP contribution in [0.2, 0.25) is 5.02 Å². The van der Waals surface area contributed by atoms with Crippen LogP contribution < -0.4 is 4.74 Å². The van der Waals surface area contributed by atoms with Gasteiger partial charge in [0.1, 0.15) is 12.4 Å². The largest absolute Gasteiger partial charge is 0.486 e. The molecule has 0 saturated carbocycles. The van der Waals surface area contributed by atoms with E-state index in [0.29, 0.717) is 6.61 Å². The summed E-state index contributed by atoms with van der Waals surface area (Å²) in [5.74, 6) is 2.43. The van der Waals surface area contributed by atoms with E-state index in [0.717, 1.165) is 33.1 Å². The van der Waals surface area contributed by atoms with Crippen molar-refractivity contribution in [3.8, 4) is 5.75 Å². The lowest BCUT2D eigenvalue weighted by Crippen LogP contribution is -2.04. The van der Waals surface area contributed by atoms with Crippen LogP contribution in [0.4, 0.5) is 0 Å². The number of hydrogen-bond donors (Lipinski definition) is 0. The van der Waals surface area contributed by atoms with E-state index in [1.807, 2.05) is 61.0 Å². The van der Waals surface area contributed by atoms with Gasteiger partial charge in [0.15, 0.2) is 11.0 Å². The van der Waals surface area contributed by atoms with Gasteiger partial charge in [-0.3, -0.25) is 0 Å². The molecule has 4 nitrogen and oxygen atoms in total. The molecule has 24 heavy (non-hydrogen) atoms. The molecule has 0 bridgehead atoms. The number of rotatable bonds is 6. The first kappa shape index (κ1) is 16.9. The van der Waals surface area contributed by atoms with Crippen molar-refractivity contribution in [1.82, 2.24) is 14.8 Å². The molecule has 0 spiro atoms. The molecule has 0 unspecified atom stereocenters. The lowest BCUT2D eigenvalue weighted by molar-refractivity contribution is 0.290. The van der Waals surface area contributed by atoms with Crippen molar-refractivity contribution in [1.29, 1.82) is 0 Å². The van der Waals surface area contributed by atoms with Gasteiger partial charge in [-0.05, 0) is 42.3 Å². The average Bonchev–Trinajstić information content (AvgIpc) is 2.91. The van der Waals surface area contributed by atoms with Gasteiger partial charge in [0.05, 0.1) is 0 Å². The van der Waals surface area contributed by atoms with Crippen molar-refractivity contribution in [2.75, 3.05) is 0 Å². The maximum absolute atomic E-state index is 6.01. The Kier molecular flexibility index (Phi) is 5.43. The second-order valence-corrected chi connectivity index (χ2v) is 6.86. The van der Waals surface area contributed by atoms with Gasteiger partial charge in [-0.15, -0.1) is 10.2 Å². The first-order valence-electron chi connectivity index (χ1n) is 7.57. The van der Waals surface area contributed by atoms with E-state index in [9.17, 15) is 0 Å². The maximum Gasteiger partial charge on any atom is 0.191 e. The third-order valence-corrected chi connectivity index (χ3v) is 4.87. The molecule has 0 radical (unpaired) electrons. The number of thioether (sulfide) groups is 1. The minimum Gasteiger partial charge on any atom is -0.486 e. The van der Waals surface area contributed by atoms with Crippen molar-refractivity contribution in [3.63, 3.8) is 0 Å². The van der Waals surface area contributed by atoms with E-state index in [1.54, 1.807) is 11.8 Å². The molecule has 124 valence electrons. The van der Waals surface area contributed by atoms with Gasteiger partial charge >= 0.3 is 0 Å². The summed E-state index contributed by atoms with van der Waals surface area (Å²) in [6, 6.07) is 15.8. The molecule has 0 N–H and O–H groups in total. The molecule has 0 atom stereocenters. The average molecular weight is 360 g/mol. The summed E-state index contributed by atoms with van der Waals surface area (Å²) in [6.07, 6.45) is 0. The molecule has 3 aromatic rings. The molecule has 1 aromatic heterocycles. The van der Waals surface area contributed by atoms with Crippen molar-refractivity contribution in [2.45, 2.75) is 24.4 Å². The van der Waals surface area contributed by atoms with Crippen LogP contribution >= 0.6 is 23.4 Å². The van der Waals surface area contributed by atoms with Gasteiger partial charge in [-0.25, -0.2) is 0 Å². The highest BCUT2D eigenvalue weighted by molar-refractivity contribution is 7.98. The van der Waals surface area contributed by atoms with E-state index >= 15 is 0 Å². The molecule has 0 saturated heterocycles. The molecule has 0 aliphatic rings. The maximum atomic E-state index is 6.01. The molecule has 0 amide bonds. The van der Waals surface area contributed by atoms with E-state index in [1.165, 1.54) is 5.56 Å². The fourth-order valence-electron chi connectivity index (χ4n) is 2.22. The molecule has 1 heterocycles. The van der Waals surface area contributed by atoms with E-state index in [4.69, 9.17) is 16.3 Å². The number of aromatic nitrogens is 3. The first-order valence-corrected chi connectivity index (χ1v) is 8.93. The summed E-state index contributed by atoms with van der Waals surface area (Å²) >= 11 is 7.64. The van der Waals surface area contributed by atoms with Gasteiger partial charge in [0, 0.05) is 17.8 Å². The second-order valence-electron chi connectivity index (χ2n) is 5.48. The van der Waals surface area contributed by atoms with E-state index < -0.39 is 0 Å². The van der Waals surface area contributed by atoms with Gasteiger partial charge < -0.3 is 9.30 Å². The number of benzene rings is 2. The van der Waals surface area contributed by atoms with Crippen LogP contribution in [-0.2, 0) is 19.4 Å². The lowest BCUT2D eigenvalue weighted by atomic mass is 10.2. The van der Waals surface area contributed by atoms with Crippen LogP contribution in [0.1, 0.15) is 17.0 Å². The van der Waals surface area contributed by atoms with Crippen molar-refractivity contribution >= 4 is 23.4 Å². The van der Waals surface area contributed by atoms with Crippen LogP contribution in [-0.4, -0.2) is 14.8 Å². The normalized spacial score (nSPS) is 10.8. The third kappa shape index (κ3) is 4.30. The van der Waals surface area contributed by atoms with E-state index in [-0.39, 0.29) is 0 Å².